The van der Waals surface area contributed by atoms with Crippen LogP contribution >= 0.6 is 0 Å². The summed E-state index contributed by atoms with van der Waals surface area (Å²) in [6.07, 6.45) is 0. The Morgan fingerprint density at radius 1 is 0.340 bits per heavy atom. The summed E-state index contributed by atoms with van der Waals surface area (Å²) in [5, 5.41) is 2.26. The van der Waals surface area contributed by atoms with E-state index in [0.717, 1.165) is 27.5 Å². The van der Waals surface area contributed by atoms with E-state index < -0.39 is 5.41 Å². The first kappa shape index (κ1) is 27.1. The van der Waals surface area contributed by atoms with Crippen LogP contribution in [0, 0.1) is 0 Å². The third-order valence-corrected chi connectivity index (χ3v) is 9.40. The Morgan fingerprint density at radius 3 is 1.43 bits per heavy atom. The molecule has 3 nitrogen and oxygen atoms in total. The minimum Gasteiger partial charge on any atom is -0.208 e. The van der Waals surface area contributed by atoms with Crippen LogP contribution in [0.2, 0.25) is 0 Å². The van der Waals surface area contributed by atoms with Gasteiger partial charge < -0.3 is 0 Å². The Kier molecular flexibility index (Phi) is 6.36. The van der Waals surface area contributed by atoms with E-state index in [1.807, 2.05) is 36.4 Å². The molecule has 220 valence electrons. The molecule has 0 N–H and O–H groups in total. The van der Waals surface area contributed by atoms with Gasteiger partial charge in [-0.15, -0.1) is 0 Å². The van der Waals surface area contributed by atoms with Gasteiger partial charge in [0.2, 0.25) is 0 Å². The van der Waals surface area contributed by atoms with E-state index in [4.69, 9.17) is 15.0 Å². The first-order chi connectivity index (χ1) is 23.3. The van der Waals surface area contributed by atoms with E-state index in [0.29, 0.717) is 17.5 Å². The summed E-state index contributed by atoms with van der Waals surface area (Å²) >= 11 is 0. The normalized spacial score (nSPS) is 12.9. The smallest absolute Gasteiger partial charge is 0.164 e. The first-order valence-corrected chi connectivity index (χ1v) is 16.0. The molecule has 1 heterocycles. The van der Waals surface area contributed by atoms with Crippen LogP contribution in [0.15, 0.2) is 176 Å². The number of fused-ring (bicyclic) bond motifs is 4. The summed E-state index contributed by atoms with van der Waals surface area (Å²) < 4.78 is 0. The number of nitrogens with zero attached hydrogens (tertiary/aromatic N) is 3. The highest BCUT2D eigenvalue weighted by Crippen LogP contribution is 2.57. The van der Waals surface area contributed by atoms with Gasteiger partial charge in [0, 0.05) is 16.7 Å². The fourth-order valence-electron chi connectivity index (χ4n) is 7.34. The van der Waals surface area contributed by atoms with Crippen molar-refractivity contribution in [3.05, 3.63) is 198 Å². The molecule has 0 fully saturated rings. The summed E-state index contributed by atoms with van der Waals surface area (Å²) in [5.41, 5.74) is 9.96. The van der Waals surface area contributed by atoms with Crippen LogP contribution in [0.25, 0.3) is 56.1 Å². The lowest BCUT2D eigenvalue weighted by atomic mass is 9.67. The van der Waals surface area contributed by atoms with Gasteiger partial charge in [0.05, 0.1) is 5.41 Å². The van der Waals surface area contributed by atoms with Crippen molar-refractivity contribution in [3.63, 3.8) is 0 Å². The molecule has 9 rings (SSSR count). The van der Waals surface area contributed by atoms with Gasteiger partial charge in [0.1, 0.15) is 0 Å². The van der Waals surface area contributed by atoms with Gasteiger partial charge in [-0.3, -0.25) is 0 Å². The summed E-state index contributed by atoms with van der Waals surface area (Å²) in [4.78, 5) is 15.2. The fourth-order valence-corrected chi connectivity index (χ4v) is 7.34. The standard InChI is InChI=1S/C44H29N3/c1-5-16-30(17-6-1)41-45-42(31-18-7-2-8-19-31)47-43(46-41)36-26-15-20-32-28-38-35-25-13-14-27-39(35)44(40(38)29-37(32)36,33-21-9-3-10-22-33)34-23-11-4-12-24-34/h1-29H. The zero-order valence-electron chi connectivity index (χ0n) is 25.6. The number of benzene rings is 7. The van der Waals surface area contributed by atoms with E-state index in [2.05, 4.69) is 140 Å². The van der Waals surface area contributed by atoms with Crippen LogP contribution < -0.4 is 0 Å². The third kappa shape index (κ3) is 4.32. The number of aromatic nitrogens is 3. The SMILES string of the molecule is c1ccc(-c2nc(-c3ccccc3)nc(-c3cccc4cc5c(cc34)C(c3ccccc3)(c3ccccc3)c3ccccc3-5)n2)cc1. The molecule has 3 heteroatoms. The van der Waals surface area contributed by atoms with Gasteiger partial charge >= 0.3 is 0 Å². The first-order valence-electron chi connectivity index (χ1n) is 16.0. The maximum Gasteiger partial charge on any atom is 0.164 e. The molecule has 0 unspecified atom stereocenters. The second-order valence-corrected chi connectivity index (χ2v) is 12.0. The Bertz CT molecular complexity index is 2290. The van der Waals surface area contributed by atoms with E-state index in [1.165, 1.54) is 33.4 Å². The molecule has 1 aliphatic carbocycles. The fraction of sp³-hybridized carbons (Fsp3) is 0.0227. The maximum absolute atomic E-state index is 5.11. The monoisotopic (exact) mass is 599 g/mol. The molecule has 7 aromatic carbocycles. The molecule has 47 heavy (non-hydrogen) atoms. The van der Waals surface area contributed by atoms with Crippen molar-refractivity contribution in [2.45, 2.75) is 5.41 Å². The molecular formula is C44H29N3. The number of hydrogen-bond acceptors (Lipinski definition) is 3. The van der Waals surface area contributed by atoms with Crippen molar-refractivity contribution in [2.75, 3.05) is 0 Å². The summed E-state index contributed by atoms with van der Waals surface area (Å²) in [5.74, 6) is 1.97. The molecule has 0 amide bonds. The lowest BCUT2D eigenvalue weighted by Gasteiger charge is -2.34. The summed E-state index contributed by atoms with van der Waals surface area (Å²) in [6, 6.07) is 62.2. The molecule has 1 aliphatic rings. The van der Waals surface area contributed by atoms with Crippen molar-refractivity contribution >= 4 is 10.8 Å². The zero-order valence-corrected chi connectivity index (χ0v) is 25.6. The predicted octanol–water partition coefficient (Wildman–Crippen LogP) is 10.4. The van der Waals surface area contributed by atoms with Crippen LogP contribution in [0.1, 0.15) is 22.3 Å². The second kappa shape index (κ2) is 11.0. The lowest BCUT2D eigenvalue weighted by molar-refractivity contribution is 0.769. The summed E-state index contributed by atoms with van der Waals surface area (Å²) in [6.45, 7) is 0. The molecule has 0 radical (unpaired) electrons. The Balaban J connectivity index is 1.35. The molecule has 0 atom stereocenters. The topological polar surface area (TPSA) is 38.7 Å². The quantitative estimate of drug-likeness (QED) is 0.198. The average molecular weight is 600 g/mol. The predicted molar refractivity (Wildman–Crippen MR) is 191 cm³/mol. The van der Waals surface area contributed by atoms with E-state index in [9.17, 15) is 0 Å². The van der Waals surface area contributed by atoms with E-state index >= 15 is 0 Å². The lowest BCUT2D eigenvalue weighted by Crippen LogP contribution is -2.28. The molecule has 0 bridgehead atoms. The van der Waals surface area contributed by atoms with E-state index in [-0.39, 0.29) is 0 Å². The second-order valence-electron chi connectivity index (χ2n) is 12.0. The Morgan fingerprint density at radius 2 is 0.830 bits per heavy atom. The average Bonchev–Trinajstić information content (AvgIpc) is 3.45. The third-order valence-electron chi connectivity index (χ3n) is 9.40. The molecule has 8 aromatic rings. The van der Waals surface area contributed by atoms with Gasteiger partial charge in [-0.25, -0.2) is 15.0 Å². The van der Waals surface area contributed by atoms with Gasteiger partial charge in [-0.2, -0.15) is 0 Å². The summed E-state index contributed by atoms with van der Waals surface area (Å²) in [7, 11) is 0. The zero-order chi connectivity index (χ0) is 31.2. The van der Waals surface area contributed by atoms with Crippen molar-refractivity contribution in [1.29, 1.82) is 0 Å². The van der Waals surface area contributed by atoms with Crippen LogP contribution in [0.4, 0.5) is 0 Å². The molecule has 0 aliphatic heterocycles. The van der Waals surface area contributed by atoms with Crippen LogP contribution in [-0.2, 0) is 5.41 Å². The van der Waals surface area contributed by atoms with Crippen LogP contribution in [-0.4, -0.2) is 15.0 Å². The van der Waals surface area contributed by atoms with Crippen molar-refractivity contribution in [1.82, 2.24) is 15.0 Å². The highest BCUT2D eigenvalue weighted by atomic mass is 15.0. The molecule has 0 saturated heterocycles. The minimum atomic E-state index is -0.487. The molecule has 0 spiro atoms. The van der Waals surface area contributed by atoms with Crippen molar-refractivity contribution in [3.8, 4) is 45.3 Å². The number of hydrogen-bond donors (Lipinski definition) is 0. The van der Waals surface area contributed by atoms with Crippen molar-refractivity contribution < 1.29 is 0 Å². The Labute approximate surface area is 273 Å². The Hall–Kier alpha value is -6.19. The highest BCUT2D eigenvalue weighted by Gasteiger charge is 2.46. The van der Waals surface area contributed by atoms with Gasteiger partial charge in [0.25, 0.3) is 0 Å². The highest BCUT2D eigenvalue weighted by molar-refractivity contribution is 6.02. The largest absolute Gasteiger partial charge is 0.208 e. The van der Waals surface area contributed by atoms with Crippen molar-refractivity contribution in [2.24, 2.45) is 0 Å². The molecule has 0 saturated carbocycles. The van der Waals surface area contributed by atoms with Gasteiger partial charge in [-0.05, 0) is 56.3 Å². The van der Waals surface area contributed by atoms with Crippen LogP contribution in [0.5, 0.6) is 0 Å². The van der Waals surface area contributed by atoms with Gasteiger partial charge in [-0.1, -0.05) is 164 Å². The maximum atomic E-state index is 5.11. The van der Waals surface area contributed by atoms with E-state index in [1.54, 1.807) is 0 Å². The molecular weight excluding hydrogens is 571 g/mol. The minimum absolute atomic E-state index is 0.487. The van der Waals surface area contributed by atoms with Crippen LogP contribution in [0.3, 0.4) is 0 Å². The molecule has 1 aromatic heterocycles. The number of rotatable bonds is 5. The van der Waals surface area contributed by atoms with Gasteiger partial charge in [0.15, 0.2) is 17.5 Å².